The van der Waals surface area contributed by atoms with Crippen LogP contribution in [0.1, 0.15) is 6.92 Å². The van der Waals surface area contributed by atoms with Crippen molar-refractivity contribution in [2.45, 2.75) is 25.4 Å². The minimum atomic E-state index is -3.30. The van der Waals surface area contributed by atoms with Crippen molar-refractivity contribution in [3.8, 4) is 0 Å². The van der Waals surface area contributed by atoms with Crippen molar-refractivity contribution in [1.29, 1.82) is 0 Å². The molecule has 2 atom stereocenters. The average Bonchev–Trinajstić information content (AvgIpc) is 2.47. The Morgan fingerprint density at radius 3 is 2.53 bits per heavy atom. The Balaban J connectivity index is 2.70. The van der Waals surface area contributed by atoms with Crippen LogP contribution in [0.4, 0.5) is 13.2 Å². The molecule has 1 fully saturated rings. The maximum atomic E-state index is 13.9. The van der Waals surface area contributed by atoms with Gasteiger partial charge in [0.1, 0.15) is 0 Å². The van der Waals surface area contributed by atoms with Gasteiger partial charge in [0, 0.05) is 26.8 Å². The molecule has 0 bridgehead atoms. The molecular formula is C10H19F3N2O2. The van der Waals surface area contributed by atoms with E-state index in [1.165, 1.54) is 14.2 Å². The first-order valence-corrected chi connectivity index (χ1v) is 5.48. The predicted octanol–water partition coefficient (Wildman–Crippen LogP) is 1.13. The van der Waals surface area contributed by atoms with Gasteiger partial charge in [0.15, 0.2) is 6.30 Å². The molecule has 0 N–H and O–H groups in total. The highest BCUT2D eigenvalue weighted by atomic mass is 19.3. The normalized spacial score (nSPS) is 27.5. The van der Waals surface area contributed by atoms with Crippen LogP contribution >= 0.6 is 0 Å². The molecule has 102 valence electrons. The number of alkyl halides is 3. The second kappa shape index (κ2) is 5.99. The molecule has 1 heterocycles. The molecule has 0 aromatic heterocycles. The van der Waals surface area contributed by atoms with Gasteiger partial charge in [-0.15, -0.1) is 0 Å². The summed E-state index contributed by atoms with van der Waals surface area (Å²) in [5.41, 5.74) is 0. The molecule has 17 heavy (non-hydrogen) atoms. The van der Waals surface area contributed by atoms with Crippen LogP contribution in [0.2, 0.25) is 0 Å². The molecular weight excluding hydrogens is 237 g/mol. The largest absolute Gasteiger partial charge is 0.383 e. The van der Waals surface area contributed by atoms with Crippen molar-refractivity contribution >= 4 is 0 Å². The zero-order valence-corrected chi connectivity index (χ0v) is 10.3. The van der Waals surface area contributed by atoms with E-state index in [2.05, 4.69) is 0 Å². The summed E-state index contributed by atoms with van der Waals surface area (Å²) in [6.07, 6.45) is -4.98. The third-order valence-corrected chi connectivity index (χ3v) is 2.85. The maximum absolute atomic E-state index is 13.9. The fraction of sp³-hybridized carbons (Fsp3) is 1.00. The topological polar surface area (TPSA) is 24.9 Å². The van der Waals surface area contributed by atoms with Crippen LogP contribution in [0.25, 0.3) is 0 Å². The quantitative estimate of drug-likeness (QED) is 0.665. The lowest BCUT2D eigenvalue weighted by molar-refractivity contribution is -0.235. The molecule has 1 saturated heterocycles. The molecule has 0 radical (unpaired) electrons. The molecule has 0 aromatic carbocycles. The fourth-order valence-electron chi connectivity index (χ4n) is 1.94. The first-order valence-electron chi connectivity index (χ1n) is 5.48. The van der Waals surface area contributed by atoms with Gasteiger partial charge in [-0.05, 0) is 6.92 Å². The van der Waals surface area contributed by atoms with Crippen molar-refractivity contribution in [2.24, 2.45) is 0 Å². The molecule has 1 rings (SSSR count). The van der Waals surface area contributed by atoms with E-state index in [9.17, 15) is 13.2 Å². The Bertz CT molecular complexity index is 244. The molecule has 2 unspecified atom stereocenters. The molecule has 1 aliphatic heterocycles. The van der Waals surface area contributed by atoms with Crippen molar-refractivity contribution in [2.75, 3.05) is 40.5 Å². The summed E-state index contributed by atoms with van der Waals surface area (Å²) in [5.74, 6) is 0. The summed E-state index contributed by atoms with van der Waals surface area (Å²) in [4.78, 5) is 1.33. The summed E-state index contributed by atoms with van der Waals surface area (Å²) in [6.45, 7) is 1.34. The van der Waals surface area contributed by atoms with Gasteiger partial charge in [0.2, 0.25) is 0 Å². The summed E-state index contributed by atoms with van der Waals surface area (Å²) in [7, 11) is 2.83. The number of halogens is 3. The highest BCUT2D eigenvalue weighted by molar-refractivity contribution is 4.87. The zero-order valence-electron chi connectivity index (χ0n) is 10.3. The molecule has 0 amide bonds. The van der Waals surface area contributed by atoms with Crippen LogP contribution < -0.4 is 0 Å². The lowest BCUT2D eigenvalue weighted by atomic mass is 10.3. The van der Waals surface area contributed by atoms with E-state index in [1.54, 1.807) is 6.92 Å². The number of hydrogen-bond donors (Lipinski definition) is 0. The fourth-order valence-corrected chi connectivity index (χ4v) is 1.94. The van der Waals surface area contributed by atoms with Gasteiger partial charge < -0.3 is 9.47 Å². The van der Waals surface area contributed by atoms with E-state index in [-0.39, 0.29) is 26.3 Å². The summed E-state index contributed by atoms with van der Waals surface area (Å²) >= 11 is 0. The lowest BCUT2D eigenvalue weighted by Crippen LogP contribution is -2.51. The van der Waals surface area contributed by atoms with Crippen molar-refractivity contribution in [3.63, 3.8) is 0 Å². The number of rotatable bonds is 6. The maximum Gasteiger partial charge on any atom is 0.372 e. The number of methoxy groups -OCH3 is 2. The highest BCUT2D eigenvalue weighted by Crippen LogP contribution is 2.35. The van der Waals surface area contributed by atoms with Gasteiger partial charge in [0.05, 0.1) is 19.8 Å². The van der Waals surface area contributed by atoms with Gasteiger partial charge in [-0.1, -0.05) is 0 Å². The van der Waals surface area contributed by atoms with Crippen LogP contribution in [0.5, 0.6) is 0 Å². The van der Waals surface area contributed by atoms with E-state index in [1.807, 2.05) is 0 Å². The van der Waals surface area contributed by atoms with Crippen LogP contribution in [-0.4, -0.2) is 68.8 Å². The smallest absolute Gasteiger partial charge is 0.372 e. The van der Waals surface area contributed by atoms with Crippen molar-refractivity contribution < 1.29 is 22.6 Å². The average molecular weight is 256 g/mol. The van der Waals surface area contributed by atoms with Crippen molar-refractivity contribution in [3.05, 3.63) is 0 Å². The van der Waals surface area contributed by atoms with E-state index < -0.39 is 18.5 Å². The standard InChI is InChI=1S/C10H19F3N2O2/c1-8(7-17-3)15-6-9(11)14(4-5-16-2)10(15,12)13/h8-9H,4-7H2,1-3H3. The predicted molar refractivity (Wildman–Crippen MR) is 56.5 cm³/mol. The lowest BCUT2D eigenvalue weighted by Gasteiger charge is -2.32. The third kappa shape index (κ3) is 3.09. The van der Waals surface area contributed by atoms with E-state index in [4.69, 9.17) is 9.47 Å². The molecule has 1 aliphatic rings. The molecule has 4 nitrogen and oxygen atoms in total. The molecule has 7 heteroatoms. The van der Waals surface area contributed by atoms with Crippen LogP contribution in [0.15, 0.2) is 0 Å². The zero-order chi connectivity index (χ0) is 13.1. The Hall–Kier alpha value is -0.370. The number of ether oxygens (including phenoxy) is 2. The highest BCUT2D eigenvalue weighted by Gasteiger charge is 2.55. The molecule has 0 saturated carbocycles. The van der Waals surface area contributed by atoms with Gasteiger partial charge in [-0.2, -0.15) is 13.7 Å². The molecule has 0 spiro atoms. The van der Waals surface area contributed by atoms with Crippen LogP contribution in [0, 0.1) is 0 Å². The second-order valence-electron chi connectivity index (χ2n) is 4.09. The second-order valence-corrected chi connectivity index (χ2v) is 4.09. The molecule has 0 aromatic rings. The van der Waals surface area contributed by atoms with Crippen molar-refractivity contribution in [1.82, 2.24) is 9.80 Å². The van der Waals surface area contributed by atoms with Crippen LogP contribution in [0.3, 0.4) is 0 Å². The van der Waals surface area contributed by atoms with Gasteiger partial charge in [0.25, 0.3) is 0 Å². The monoisotopic (exact) mass is 256 g/mol. The summed E-state index contributed by atoms with van der Waals surface area (Å²) in [5, 5.41) is 0. The van der Waals surface area contributed by atoms with E-state index in [0.717, 1.165) is 4.90 Å². The minimum absolute atomic E-state index is 0.0719. The number of nitrogens with zero attached hydrogens (tertiary/aromatic N) is 2. The third-order valence-electron chi connectivity index (χ3n) is 2.85. The Morgan fingerprint density at radius 2 is 2.00 bits per heavy atom. The van der Waals surface area contributed by atoms with Gasteiger partial charge in [-0.3, -0.25) is 0 Å². The van der Waals surface area contributed by atoms with Gasteiger partial charge in [-0.25, -0.2) is 9.29 Å². The Kier molecular flexibility index (Phi) is 5.18. The van der Waals surface area contributed by atoms with E-state index in [0.29, 0.717) is 4.90 Å². The van der Waals surface area contributed by atoms with Crippen LogP contribution in [-0.2, 0) is 9.47 Å². The summed E-state index contributed by atoms with van der Waals surface area (Å²) in [6, 6.07) is -0.541. The SMILES string of the molecule is COCCN1C(F)CN(C(C)COC)C1(F)F. The van der Waals surface area contributed by atoms with Gasteiger partial charge >= 0.3 is 6.17 Å². The minimum Gasteiger partial charge on any atom is -0.383 e. The van der Waals surface area contributed by atoms with E-state index >= 15 is 0 Å². The Morgan fingerprint density at radius 1 is 1.35 bits per heavy atom. The first kappa shape index (κ1) is 14.7. The Labute approximate surface area is 99.3 Å². The first-order chi connectivity index (χ1) is 7.95. The number of hydrogen-bond acceptors (Lipinski definition) is 4. The molecule has 0 aliphatic carbocycles. The summed E-state index contributed by atoms with van der Waals surface area (Å²) < 4.78 is 50.9.